The minimum absolute atomic E-state index is 0.182. The first kappa shape index (κ1) is 15.1. The third-order valence-electron chi connectivity index (χ3n) is 3.58. The van der Waals surface area contributed by atoms with Gasteiger partial charge in [-0.15, -0.1) is 0 Å². The van der Waals surface area contributed by atoms with Crippen molar-refractivity contribution in [3.05, 3.63) is 62.6 Å². The first-order valence-electron chi connectivity index (χ1n) is 6.60. The third kappa shape index (κ3) is 2.89. The van der Waals surface area contributed by atoms with Crippen molar-refractivity contribution in [3.8, 4) is 5.75 Å². The van der Waals surface area contributed by atoms with Crippen molar-refractivity contribution in [2.24, 2.45) is 5.73 Å². The highest BCUT2D eigenvalue weighted by Gasteiger charge is 2.18. The fourth-order valence-corrected chi connectivity index (χ4v) is 3.12. The average Bonchev–Trinajstić information content (AvgIpc) is 2.37. The Hall–Kier alpha value is -1.32. The number of hydrogen-bond donors (Lipinski definition) is 1. The molecule has 1 unspecified atom stereocenters. The van der Waals surface area contributed by atoms with Gasteiger partial charge in [0.05, 0.1) is 13.2 Å². The Morgan fingerprint density at radius 2 is 1.65 bits per heavy atom. The second-order valence-corrected chi connectivity index (χ2v) is 6.09. The Balaban J connectivity index is 2.54. The Labute approximate surface area is 129 Å². The smallest absolute Gasteiger partial charge is 0.125 e. The maximum atomic E-state index is 6.50. The molecule has 0 amide bonds. The van der Waals surface area contributed by atoms with Crippen LogP contribution in [0.15, 0.2) is 34.8 Å². The summed E-state index contributed by atoms with van der Waals surface area (Å²) in [5, 5.41) is 0. The first-order chi connectivity index (χ1) is 9.43. The summed E-state index contributed by atoms with van der Waals surface area (Å²) >= 11 is 3.46. The molecule has 0 fully saturated rings. The van der Waals surface area contributed by atoms with Gasteiger partial charge in [0.1, 0.15) is 5.75 Å². The Morgan fingerprint density at radius 1 is 1.05 bits per heavy atom. The Morgan fingerprint density at radius 3 is 2.20 bits per heavy atom. The maximum absolute atomic E-state index is 6.50. The molecule has 0 aliphatic rings. The minimum atomic E-state index is -0.182. The van der Waals surface area contributed by atoms with Crippen molar-refractivity contribution in [1.82, 2.24) is 0 Å². The van der Waals surface area contributed by atoms with Crippen LogP contribution in [-0.4, -0.2) is 7.11 Å². The zero-order valence-corrected chi connectivity index (χ0v) is 13.9. The van der Waals surface area contributed by atoms with Gasteiger partial charge in [-0.3, -0.25) is 0 Å². The molecule has 0 heterocycles. The molecule has 2 rings (SSSR count). The van der Waals surface area contributed by atoms with Crippen molar-refractivity contribution in [2.45, 2.75) is 26.8 Å². The molecule has 0 bridgehead atoms. The highest BCUT2D eigenvalue weighted by molar-refractivity contribution is 9.10. The van der Waals surface area contributed by atoms with E-state index < -0.39 is 0 Å². The van der Waals surface area contributed by atoms with Gasteiger partial charge < -0.3 is 10.5 Å². The van der Waals surface area contributed by atoms with Crippen LogP contribution < -0.4 is 10.5 Å². The van der Waals surface area contributed by atoms with Gasteiger partial charge in [0.2, 0.25) is 0 Å². The number of ether oxygens (including phenoxy) is 1. The lowest BCUT2D eigenvalue weighted by Crippen LogP contribution is -2.16. The van der Waals surface area contributed by atoms with E-state index in [1.165, 1.54) is 22.3 Å². The largest absolute Gasteiger partial charge is 0.496 e. The number of nitrogens with two attached hydrogens (primary N) is 1. The number of benzene rings is 2. The van der Waals surface area contributed by atoms with Gasteiger partial charge in [0.25, 0.3) is 0 Å². The fraction of sp³-hybridized carbons (Fsp3) is 0.294. The van der Waals surface area contributed by atoms with Gasteiger partial charge in [0, 0.05) is 10.0 Å². The molecule has 0 saturated carbocycles. The number of methoxy groups -OCH3 is 1. The van der Waals surface area contributed by atoms with E-state index in [4.69, 9.17) is 10.5 Å². The van der Waals surface area contributed by atoms with E-state index in [0.717, 1.165) is 15.8 Å². The zero-order valence-electron chi connectivity index (χ0n) is 12.3. The molecule has 0 aliphatic carbocycles. The van der Waals surface area contributed by atoms with Gasteiger partial charge in [-0.25, -0.2) is 0 Å². The summed E-state index contributed by atoms with van der Waals surface area (Å²) < 4.78 is 6.45. The van der Waals surface area contributed by atoms with E-state index in [1.54, 1.807) is 7.11 Å². The highest BCUT2D eigenvalue weighted by atomic mass is 79.9. The summed E-state index contributed by atoms with van der Waals surface area (Å²) in [5.74, 6) is 0.811. The highest BCUT2D eigenvalue weighted by Crippen LogP contribution is 2.33. The van der Waals surface area contributed by atoms with Gasteiger partial charge in [0.15, 0.2) is 0 Å². The van der Waals surface area contributed by atoms with Gasteiger partial charge in [-0.1, -0.05) is 39.7 Å². The normalized spacial score (nSPS) is 12.3. The number of aryl methyl sites for hydroxylation is 3. The molecule has 0 aliphatic heterocycles. The molecular formula is C17H20BrNO. The molecule has 0 spiro atoms. The molecule has 106 valence electrons. The second-order valence-electron chi connectivity index (χ2n) is 5.18. The van der Waals surface area contributed by atoms with Crippen molar-refractivity contribution in [1.29, 1.82) is 0 Å². The molecule has 2 N–H and O–H groups in total. The van der Waals surface area contributed by atoms with Gasteiger partial charge in [-0.05, 0) is 49.6 Å². The van der Waals surface area contributed by atoms with E-state index in [9.17, 15) is 0 Å². The third-order valence-corrected chi connectivity index (χ3v) is 4.07. The van der Waals surface area contributed by atoms with Crippen LogP contribution in [0.4, 0.5) is 0 Å². The van der Waals surface area contributed by atoms with Crippen molar-refractivity contribution in [2.75, 3.05) is 7.11 Å². The molecule has 0 radical (unpaired) electrons. The molecule has 3 heteroatoms. The SMILES string of the molecule is COc1cc(Br)ccc1C(N)c1c(C)cc(C)cc1C. The van der Waals surface area contributed by atoms with Crippen molar-refractivity contribution < 1.29 is 4.74 Å². The topological polar surface area (TPSA) is 35.2 Å². The summed E-state index contributed by atoms with van der Waals surface area (Å²) in [7, 11) is 1.67. The van der Waals surface area contributed by atoms with Crippen LogP contribution in [-0.2, 0) is 0 Å². The van der Waals surface area contributed by atoms with E-state index in [2.05, 4.69) is 48.8 Å². The van der Waals surface area contributed by atoms with Gasteiger partial charge >= 0.3 is 0 Å². The maximum Gasteiger partial charge on any atom is 0.125 e. The lowest BCUT2D eigenvalue weighted by molar-refractivity contribution is 0.407. The summed E-state index contributed by atoms with van der Waals surface area (Å²) in [4.78, 5) is 0. The lowest BCUT2D eigenvalue weighted by Gasteiger charge is -2.21. The lowest BCUT2D eigenvalue weighted by atomic mass is 9.90. The van der Waals surface area contributed by atoms with E-state index in [0.29, 0.717) is 0 Å². The molecule has 2 aromatic rings. The standard InChI is InChI=1S/C17H20BrNO/c1-10-7-11(2)16(12(3)8-10)17(19)14-6-5-13(18)9-15(14)20-4/h5-9,17H,19H2,1-4H3. The molecule has 2 nitrogen and oxygen atoms in total. The summed E-state index contributed by atoms with van der Waals surface area (Å²) in [6.07, 6.45) is 0. The van der Waals surface area contributed by atoms with E-state index in [1.807, 2.05) is 18.2 Å². The number of hydrogen-bond acceptors (Lipinski definition) is 2. The van der Waals surface area contributed by atoms with Crippen LogP contribution >= 0.6 is 15.9 Å². The van der Waals surface area contributed by atoms with Crippen molar-refractivity contribution in [3.63, 3.8) is 0 Å². The summed E-state index contributed by atoms with van der Waals surface area (Å²) in [5.41, 5.74) is 12.4. The molecule has 2 aromatic carbocycles. The van der Waals surface area contributed by atoms with Crippen LogP contribution in [0.5, 0.6) is 5.75 Å². The second kappa shape index (κ2) is 5.98. The van der Waals surface area contributed by atoms with Crippen LogP contribution in [0, 0.1) is 20.8 Å². The van der Waals surface area contributed by atoms with Crippen LogP contribution in [0.3, 0.4) is 0 Å². The van der Waals surface area contributed by atoms with E-state index in [-0.39, 0.29) is 6.04 Å². The first-order valence-corrected chi connectivity index (χ1v) is 7.40. The quantitative estimate of drug-likeness (QED) is 0.901. The van der Waals surface area contributed by atoms with E-state index >= 15 is 0 Å². The molecular weight excluding hydrogens is 314 g/mol. The predicted octanol–water partition coefficient (Wildman–Crippen LogP) is 4.43. The Bertz CT molecular complexity index is 614. The van der Waals surface area contributed by atoms with Gasteiger partial charge in [-0.2, -0.15) is 0 Å². The fourth-order valence-electron chi connectivity index (χ4n) is 2.78. The predicted molar refractivity (Wildman–Crippen MR) is 87.4 cm³/mol. The van der Waals surface area contributed by atoms with Crippen LogP contribution in [0.1, 0.15) is 33.9 Å². The molecule has 20 heavy (non-hydrogen) atoms. The number of halogens is 1. The molecule has 0 aromatic heterocycles. The van der Waals surface area contributed by atoms with Crippen molar-refractivity contribution >= 4 is 15.9 Å². The zero-order chi connectivity index (χ0) is 14.9. The van der Waals surface area contributed by atoms with Crippen LogP contribution in [0.25, 0.3) is 0 Å². The monoisotopic (exact) mass is 333 g/mol. The Kier molecular flexibility index (Phi) is 4.51. The summed E-state index contributed by atoms with van der Waals surface area (Å²) in [6.45, 7) is 6.33. The molecule has 0 saturated heterocycles. The van der Waals surface area contributed by atoms with Crippen LogP contribution in [0.2, 0.25) is 0 Å². The number of rotatable bonds is 3. The minimum Gasteiger partial charge on any atom is -0.496 e. The molecule has 1 atom stereocenters. The summed E-state index contributed by atoms with van der Waals surface area (Å²) in [6, 6.07) is 10.1. The average molecular weight is 334 g/mol.